The summed E-state index contributed by atoms with van der Waals surface area (Å²) in [6.07, 6.45) is 4.08. The predicted molar refractivity (Wildman–Crippen MR) is 77.7 cm³/mol. The highest BCUT2D eigenvalue weighted by molar-refractivity contribution is 5.86. The molecule has 0 bridgehead atoms. The molecule has 2 aliphatic heterocycles. The van der Waals surface area contributed by atoms with Crippen LogP contribution in [0.5, 0.6) is 0 Å². The number of carbonyl (C=O) groups is 2. The van der Waals surface area contributed by atoms with Gasteiger partial charge in [-0.05, 0) is 38.1 Å². The maximum Gasteiger partial charge on any atom is 0.240 e. The average molecular weight is 295 g/mol. The number of hydrogen-bond acceptors (Lipinski definition) is 4. The summed E-state index contributed by atoms with van der Waals surface area (Å²) >= 11 is 0. The largest absolute Gasteiger partial charge is 0.378 e. The fraction of sp³-hybridized carbons (Fsp3) is 0.867. The van der Waals surface area contributed by atoms with E-state index in [-0.39, 0.29) is 23.9 Å². The highest BCUT2D eigenvalue weighted by atomic mass is 16.5. The number of nitrogens with one attached hydrogen (secondary N) is 1. The Labute approximate surface area is 125 Å². The fourth-order valence-corrected chi connectivity index (χ4v) is 3.58. The summed E-state index contributed by atoms with van der Waals surface area (Å²) in [6.45, 7) is 3.46. The number of carbonyl (C=O) groups excluding carboxylic acids is 2. The molecule has 118 valence electrons. The van der Waals surface area contributed by atoms with E-state index in [4.69, 9.17) is 4.74 Å². The van der Waals surface area contributed by atoms with Gasteiger partial charge in [0.15, 0.2) is 0 Å². The van der Waals surface area contributed by atoms with Crippen LogP contribution in [0.1, 0.15) is 25.7 Å². The number of morpholine rings is 1. The van der Waals surface area contributed by atoms with Crippen molar-refractivity contribution in [2.24, 2.45) is 5.92 Å². The molecule has 0 unspecified atom stereocenters. The van der Waals surface area contributed by atoms with Gasteiger partial charge in [-0.25, -0.2) is 0 Å². The first-order chi connectivity index (χ1) is 10.2. The van der Waals surface area contributed by atoms with Crippen LogP contribution in [0.25, 0.3) is 0 Å². The number of likely N-dealkylation sites (tertiary alicyclic amines) is 1. The molecule has 0 aromatic carbocycles. The summed E-state index contributed by atoms with van der Waals surface area (Å²) in [5.41, 5.74) is 0. The van der Waals surface area contributed by atoms with Gasteiger partial charge in [0, 0.05) is 20.1 Å². The van der Waals surface area contributed by atoms with Gasteiger partial charge in [-0.15, -0.1) is 0 Å². The first kappa shape index (κ1) is 14.8. The Bertz CT molecular complexity index is 405. The van der Waals surface area contributed by atoms with Gasteiger partial charge in [-0.1, -0.05) is 0 Å². The highest BCUT2D eigenvalue weighted by Gasteiger charge is 2.46. The summed E-state index contributed by atoms with van der Waals surface area (Å²) in [4.78, 5) is 29.1. The minimum absolute atomic E-state index is 0.0687. The molecule has 0 aromatic heterocycles. The van der Waals surface area contributed by atoms with Crippen LogP contribution in [0.3, 0.4) is 0 Å². The molecule has 2 amide bonds. The number of amides is 2. The standard InChI is InChI=1S/C15H25N3O3/c1-16-14(19)13(11-4-5-11)18-6-2-3-12(18)15(20)17-7-9-21-10-8-17/h11-13H,2-10H2,1H3,(H,16,19)/t12-,13+/m0/s1. The van der Waals surface area contributed by atoms with Gasteiger partial charge >= 0.3 is 0 Å². The van der Waals surface area contributed by atoms with E-state index in [1.54, 1.807) is 7.05 Å². The van der Waals surface area contributed by atoms with Gasteiger partial charge in [0.1, 0.15) is 0 Å². The molecular formula is C15H25N3O3. The zero-order valence-corrected chi connectivity index (χ0v) is 12.7. The highest BCUT2D eigenvalue weighted by Crippen LogP contribution is 2.38. The molecule has 2 heterocycles. The smallest absolute Gasteiger partial charge is 0.240 e. The normalized spacial score (nSPS) is 28.4. The van der Waals surface area contributed by atoms with E-state index in [1.807, 2.05) is 4.90 Å². The van der Waals surface area contributed by atoms with Crippen molar-refractivity contribution in [2.75, 3.05) is 39.9 Å². The summed E-state index contributed by atoms with van der Waals surface area (Å²) < 4.78 is 5.32. The van der Waals surface area contributed by atoms with Crippen molar-refractivity contribution in [1.29, 1.82) is 0 Å². The van der Waals surface area contributed by atoms with Gasteiger partial charge in [0.25, 0.3) is 0 Å². The molecule has 0 radical (unpaired) electrons. The van der Waals surface area contributed by atoms with E-state index in [0.29, 0.717) is 32.2 Å². The van der Waals surface area contributed by atoms with E-state index in [1.165, 1.54) is 0 Å². The van der Waals surface area contributed by atoms with E-state index in [9.17, 15) is 9.59 Å². The van der Waals surface area contributed by atoms with Crippen molar-refractivity contribution in [3.05, 3.63) is 0 Å². The zero-order valence-electron chi connectivity index (χ0n) is 12.7. The summed E-state index contributed by atoms with van der Waals surface area (Å²) in [7, 11) is 1.69. The number of nitrogens with zero attached hydrogens (tertiary/aromatic N) is 2. The van der Waals surface area contributed by atoms with Crippen molar-refractivity contribution < 1.29 is 14.3 Å². The summed E-state index contributed by atoms with van der Waals surface area (Å²) in [5.74, 6) is 0.688. The summed E-state index contributed by atoms with van der Waals surface area (Å²) in [6, 6.07) is -0.238. The van der Waals surface area contributed by atoms with Crippen molar-refractivity contribution in [3.8, 4) is 0 Å². The molecule has 1 N–H and O–H groups in total. The quantitative estimate of drug-likeness (QED) is 0.782. The zero-order chi connectivity index (χ0) is 14.8. The van der Waals surface area contributed by atoms with Crippen molar-refractivity contribution in [3.63, 3.8) is 0 Å². The molecule has 6 heteroatoms. The maximum atomic E-state index is 12.8. The van der Waals surface area contributed by atoms with E-state index in [0.717, 1.165) is 32.2 Å². The molecule has 0 aromatic rings. The molecular weight excluding hydrogens is 270 g/mol. The van der Waals surface area contributed by atoms with Crippen LogP contribution in [-0.4, -0.2) is 73.6 Å². The van der Waals surface area contributed by atoms with Crippen LogP contribution in [0.2, 0.25) is 0 Å². The Morgan fingerprint density at radius 3 is 2.48 bits per heavy atom. The second-order valence-electron chi connectivity index (χ2n) is 6.23. The molecule has 3 rings (SSSR count). The minimum atomic E-state index is -0.119. The Morgan fingerprint density at radius 1 is 1.14 bits per heavy atom. The molecule has 3 fully saturated rings. The van der Waals surface area contributed by atoms with Crippen LogP contribution < -0.4 is 5.32 Å². The maximum absolute atomic E-state index is 12.8. The lowest BCUT2D eigenvalue weighted by atomic mass is 10.1. The van der Waals surface area contributed by atoms with E-state index < -0.39 is 0 Å². The molecule has 1 saturated carbocycles. The lowest BCUT2D eigenvalue weighted by molar-refractivity contribution is -0.142. The Balaban J connectivity index is 1.71. The second kappa shape index (κ2) is 6.32. The SMILES string of the molecule is CNC(=O)[C@@H](C1CC1)N1CCC[C@H]1C(=O)N1CCOCC1. The molecule has 0 spiro atoms. The fourth-order valence-electron chi connectivity index (χ4n) is 3.58. The van der Waals surface area contributed by atoms with Crippen LogP contribution in [0, 0.1) is 5.92 Å². The second-order valence-corrected chi connectivity index (χ2v) is 6.23. The Morgan fingerprint density at radius 2 is 1.86 bits per heavy atom. The summed E-state index contributed by atoms with van der Waals surface area (Å²) in [5, 5.41) is 2.78. The molecule has 2 saturated heterocycles. The number of ether oxygens (including phenoxy) is 1. The third kappa shape index (κ3) is 3.06. The van der Waals surface area contributed by atoms with E-state index >= 15 is 0 Å². The Hall–Kier alpha value is -1.14. The van der Waals surface area contributed by atoms with E-state index in [2.05, 4.69) is 10.2 Å². The molecule has 1 aliphatic carbocycles. The average Bonchev–Trinajstić information content (AvgIpc) is 3.24. The van der Waals surface area contributed by atoms with Crippen LogP contribution in [-0.2, 0) is 14.3 Å². The van der Waals surface area contributed by atoms with Crippen LogP contribution in [0.4, 0.5) is 0 Å². The van der Waals surface area contributed by atoms with Gasteiger partial charge < -0.3 is 15.0 Å². The van der Waals surface area contributed by atoms with Crippen LogP contribution >= 0.6 is 0 Å². The molecule has 3 aliphatic rings. The van der Waals surface area contributed by atoms with Crippen molar-refractivity contribution in [1.82, 2.24) is 15.1 Å². The molecule has 6 nitrogen and oxygen atoms in total. The van der Waals surface area contributed by atoms with Gasteiger partial charge in [0.05, 0.1) is 25.3 Å². The van der Waals surface area contributed by atoms with Crippen molar-refractivity contribution in [2.45, 2.75) is 37.8 Å². The third-order valence-corrected chi connectivity index (χ3v) is 4.84. The predicted octanol–water partition coefficient (Wildman–Crippen LogP) is -0.166. The minimum Gasteiger partial charge on any atom is -0.378 e. The lowest BCUT2D eigenvalue weighted by Crippen LogP contribution is -2.55. The molecule has 21 heavy (non-hydrogen) atoms. The van der Waals surface area contributed by atoms with Crippen molar-refractivity contribution >= 4 is 11.8 Å². The van der Waals surface area contributed by atoms with Crippen LogP contribution in [0.15, 0.2) is 0 Å². The van der Waals surface area contributed by atoms with Gasteiger partial charge in [0.2, 0.25) is 11.8 Å². The van der Waals surface area contributed by atoms with Gasteiger partial charge in [-0.3, -0.25) is 14.5 Å². The number of hydrogen-bond donors (Lipinski definition) is 1. The number of likely N-dealkylation sites (N-methyl/N-ethyl adjacent to an activating group) is 1. The Kier molecular flexibility index (Phi) is 4.45. The van der Waals surface area contributed by atoms with Gasteiger partial charge in [-0.2, -0.15) is 0 Å². The number of rotatable bonds is 4. The monoisotopic (exact) mass is 295 g/mol. The topological polar surface area (TPSA) is 61.9 Å². The molecule has 2 atom stereocenters. The third-order valence-electron chi connectivity index (χ3n) is 4.84. The first-order valence-corrected chi connectivity index (χ1v) is 8.06. The lowest BCUT2D eigenvalue weighted by Gasteiger charge is -2.35. The first-order valence-electron chi connectivity index (χ1n) is 8.06.